The number of amides is 1. The van der Waals surface area contributed by atoms with Crippen LogP contribution in [0.15, 0.2) is 30.3 Å². The number of nitrogens with zero attached hydrogens (tertiary/aromatic N) is 1. The van der Waals surface area contributed by atoms with E-state index in [1.807, 2.05) is 0 Å². The molecule has 1 aromatic heterocycles. The minimum atomic E-state index is -0.379. The highest BCUT2D eigenvalue weighted by molar-refractivity contribution is 6.35. The third kappa shape index (κ3) is 2.97. The van der Waals surface area contributed by atoms with Crippen LogP contribution < -0.4 is 11.1 Å². The van der Waals surface area contributed by atoms with Crippen LogP contribution in [-0.2, 0) is 0 Å². The van der Waals surface area contributed by atoms with E-state index in [2.05, 4.69) is 10.3 Å². The van der Waals surface area contributed by atoms with Gasteiger partial charge in [0.15, 0.2) is 0 Å². The fourth-order valence-electron chi connectivity index (χ4n) is 1.63. The summed E-state index contributed by atoms with van der Waals surface area (Å²) in [5, 5.41) is 3.38. The number of halogens is 2. The molecule has 0 atom stereocenters. The van der Waals surface area contributed by atoms with Crippen molar-refractivity contribution in [2.24, 2.45) is 0 Å². The van der Waals surface area contributed by atoms with Crippen molar-refractivity contribution in [3.05, 3.63) is 51.8 Å². The topological polar surface area (TPSA) is 68.0 Å². The van der Waals surface area contributed by atoms with Crippen LogP contribution in [-0.4, -0.2) is 10.9 Å². The summed E-state index contributed by atoms with van der Waals surface area (Å²) in [5.41, 5.74) is 7.51. The predicted molar refractivity (Wildman–Crippen MR) is 77.8 cm³/mol. The van der Waals surface area contributed by atoms with E-state index in [0.717, 1.165) is 0 Å². The number of nitrogen functional groups attached to an aromatic ring is 1. The first-order valence-corrected chi connectivity index (χ1v) is 6.23. The van der Waals surface area contributed by atoms with Crippen LogP contribution in [0.3, 0.4) is 0 Å². The van der Waals surface area contributed by atoms with Gasteiger partial charge in [-0.15, -0.1) is 0 Å². The van der Waals surface area contributed by atoms with E-state index in [1.54, 1.807) is 37.3 Å². The maximum Gasteiger partial charge on any atom is 0.259 e. The molecule has 0 aliphatic rings. The molecule has 1 heterocycles. The van der Waals surface area contributed by atoms with Crippen molar-refractivity contribution in [3.63, 3.8) is 0 Å². The molecule has 6 heteroatoms. The van der Waals surface area contributed by atoms with Gasteiger partial charge in [0.2, 0.25) is 0 Å². The number of rotatable bonds is 2. The van der Waals surface area contributed by atoms with Gasteiger partial charge >= 0.3 is 0 Å². The number of aromatic nitrogens is 1. The van der Waals surface area contributed by atoms with Crippen molar-refractivity contribution in [1.29, 1.82) is 0 Å². The second-order valence-electron chi connectivity index (χ2n) is 3.93. The van der Waals surface area contributed by atoms with E-state index in [1.165, 1.54) is 0 Å². The normalized spacial score (nSPS) is 10.3. The van der Waals surface area contributed by atoms with Gasteiger partial charge in [-0.25, -0.2) is 4.98 Å². The summed E-state index contributed by atoms with van der Waals surface area (Å²) in [6.45, 7) is 1.75. The lowest BCUT2D eigenvalue weighted by Crippen LogP contribution is -2.15. The van der Waals surface area contributed by atoms with Gasteiger partial charge in [0.25, 0.3) is 5.91 Å². The second-order valence-corrected chi connectivity index (χ2v) is 4.72. The highest BCUT2D eigenvalue weighted by Crippen LogP contribution is 2.24. The van der Waals surface area contributed by atoms with Gasteiger partial charge in [-0.05, 0) is 31.2 Å². The van der Waals surface area contributed by atoms with Crippen molar-refractivity contribution >= 4 is 40.5 Å². The molecule has 0 spiro atoms. The van der Waals surface area contributed by atoms with Crippen LogP contribution in [0.2, 0.25) is 10.2 Å². The maximum absolute atomic E-state index is 12.2. The summed E-state index contributed by atoms with van der Waals surface area (Å²) in [5.74, 6) is -0.379. The zero-order valence-electron chi connectivity index (χ0n) is 10.1. The molecule has 0 aliphatic carbocycles. The van der Waals surface area contributed by atoms with Gasteiger partial charge in [-0.2, -0.15) is 0 Å². The molecule has 0 unspecified atom stereocenters. The van der Waals surface area contributed by atoms with Gasteiger partial charge in [0.05, 0.1) is 22.0 Å². The molecule has 0 saturated heterocycles. The Morgan fingerprint density at radius 1 is 1.26 bits per heavy atom. The van der Waals surface area contributed by atoms with Gasteiger partial charge in [-0.3, -0.25) is 4.79 Å². The lowest BCUT2D eigenvalue weighted by molar-refractivity contribution is 0.102. The molecule has 0 fully saturated rings. The van der Waals surface area contributed by atoms with Crippen LogP contribution in [0, 0.1) is 6.92 Å². The third-order valence-electron chi connectivity index (χ3n) is 2.57. The Morgan fingerprint density at radius 2 is 2.00 bits per heavy atom. The second kappa shape index (κ2) is 5.47. The van der Waals surface area contributed by atoms with Crippen molar-refractivity contribution < 1.29 is 4.79 Å². The Kier molecular flexibility index (Phi) is 3.93. The van der Waals surface area contributed by atoms with E-state index >= 15 is 0 Å². The number of carbonyl (C=O) groups excluding carboxylic acids is 1. The summed E-state index contributed by atoms with van der Waals surface area (Å²) >= 11 is 11.7. The lowest BCUT2D eigenvalue weighted by Gasteiger charge is -2.10. The van der Waals surface area contributed by atoms with Crippen LogP contribution in [0.25, 0.3) is 0 Å². The van der Waals surface area contributed by atoms with Crippen LogP contribution in [0.4, 0.5) is 11.4 Å². The molecular weight excluding hydrogens is 285 g/mol. The van der Waals surface area contributed by atoms with Gasteiger partial charge in [0, 0.05) is 5.69 Å². The quantitative estimate of drug-likeness (QED) is 0.658. The summed E-state index contributed by atoms with van der Waals surface area (Å²) in [4.78, 5) is 16.2. The number of carbonyl (C=O) groups is 1. The van der Waals surface area contributed by atoms with Gasteiger partial charge in [-0.1, -0.05) is 29.3 Å². The SMILES string of the molecule is Cc1nc(Cl)ccc1NC(=O)c1c(N)cccc1Cl. The zero-order chi connectivity index (χ0) is 14.0. The number of benzene rings is 1. The van der Waals surface area contributed by atoms with Gasteiger partial charge < -0.3 is 11.1 Å². The molecule has 4 nitrogen and oxygen atoms in total. The lowest BCUT2D eigenvalue weighted by atomic mass is 10.1. The zero-order valence-corrected chi connectivity index (χ0v) is 11.6. The number of nitrogens with two attached hydrogens (primary N) is 1. The van der Waals surface area contributed by atoms with E-state index < -0.39 is 0 Å². The predicted octanol–water partition coefficient (Wildman–Crippen LogP) is 3.53. The third-order valence-corrected chi connectivity index (χ3v) is 3.10. The van der Waals surface area contributed by atoms with E-state index in [4.69, 9.17) is 28.9 Å². The summed E-state index contributed by atoms with van der Waals surface area (Å²) in [6.07, 6.45) is 0. The first-order chi connectivity index (χ1) is 8.99. The minimum absolute atomic E-state index is 0.249. The van der Waals surface area contributed by atoms with Crippen LogP contribution >= 0.6 is 23.2 Å². The Morgan fingerprint density at radius 3 is 2.63 bits per heavy atom. The molecule has 19 heavy (non-hydrogen) atoms. The monoisotopic (exact) mass is 295 g/mol. The van der Waals surface area contributed by atoms with Crippen molar-refractivity contribution in [2.75, 3.05) is 11.1 Å². The average molecular weight is 296 g/mol. The fraction of sp³-hybridized carbons (Fsp3) is 0.0769. The number of nitrogens with one attached hydrogen (secondary N) is 1. The Bertz CT molecular complexity index is 624. The number of anilines is 2. The summed E-state index contributed by atoms with van der Waals surface area (Å²) in [7, 11) is 0. The molecule has 1 amide bonds. The molecule has 2 aromatic rings. The van der Waals surface area contributed by atoms with Crippen LogP contribution in [0.1, 0.15) is 16.1 Å². The minimum Gasteiger partial charge on any atom is -0.398 e. The van der Waals surface area contributed by atoms with E-state index in [9.17, 15) is 4.79 Å². The summed E-state index contributed by atoms with van der Waals surface area (Å²) in [6, 6.07) is 8.19. The number of hydrogen-bond donors (Lipinski definition) is 2. The largest absolute Gasteiger partial charge is 0.398 e. The van der Waals surface area contributed by atoms with Crippen LogP contribution in [0.5, 0.6) is 0 Å². The molecule has 0 saturated carbocycles. The smallest absolute Gasteiger partial charge is 0.259 e. The molecule has 3 N–H and O–H groups in total. The molecule has 0 bridgehead atoms. The fourth-order valence-corrected chi connectivity index (χ4v) is 2.09. The molecular formula is C13H11Cl2N3O. The van der Waals surface area contributed by atoms with Crippen molar-refractivity contribution in [2.45, 2.75) is 6.92 Å². The Labute approximate surface area is 120 Å². The highest BCUT2D eigenvalue weighted by atomic mass is 35.5. The standard InChI is InChI=1S/C13H11Cl2N3O/c1-7-10(5-6-11(15)17-7)18-13(19)12-8(14)3-2-4-9(12)16/h2-6H,16H2,1H3,(H,18,19). The number of pyridine rings is 1. The number of hydrogen-bond acceptors (Lipinski definition) is 3. The Balaban J connectivity index is 2.31. The molecule has 0 radical (unpaired) electrons. The maximum atomic E-state index is 12.2. The first-order valence-electron chi connectivity index (χ1n) is 5.47. The average Bonchev–Trinajstić information content (AvgIpc) is 2.32. The molecule has 0 aliphatic heterocycles. The van der Waals surface area contributed by atoms with Gasteiger partial charge in [0.1, 0.15) is 5.15 Å². The van der Waals surface area contributed by atoms with Crippen molar-refractivity contribution in [1.82, 2.24) is 4.98 Å². The van der Waals surface area contributed by atoms with Crippen molar-refractivity contribution in [3.8, 4) is 0 Å². The first kappa shape index (κ1) is 13.6. The van der Waals surface area contributed by atoms with E-state index in [-0.39, 0.29) is 11.5 Å². The molecule has 1 aromatic carbocycles. The molecule has 98 valence electrons. The summed E-state index contributed by atoms with van der Waals surface area (Å²) < 4.78 is 0. The highest BCUT2D eigenvalue weighted by Gasteiger charge is 2.15. The Hall–Kier alpha value is -1.78. The number of aryl methyl sites for hydroxylation is 1. The molecule has 2 rings (SSSR count). The van der Waals surface area contributed by atoms with E-state index in [0.29, 0.717) is 27.2 Å².